The quantitative estimate of drug-likeness (QED) is 0.804. The van der Waals surface area contributed by atoms with Crippen LogP contribution in [0.5, 0.6) is 0 Å². The molecule has 1 aliphatic heterocycles. The van der Waals surface area contributed by atoms with E-state index in [1.165, 1.54) is 45.2 Å². The van der Waals surface area contributed by atoms with Crippen LogP contribution in [0.1, 0.15) is 51.9 Å². The van der Waals surface area contributed by atoms with E-state index in [4.69, 9.17) is 0 Å². The number of piperidine rings is 1. The Morgan fingerprint density at radius 2 is 1.85 bits per heavy atom. The Kier molecular flexibility index (Phi) is 6.69. The second-order valence-corrected chi connectivity index (χ2v) is 6.73. The first-order chi connectivity index (χ1) is 9.67. The SMILES string of the molecule is CCC1CC(NCC(F)F)CN(CC2CCCCC2)C1. The summed E-state index contributed by atoms with van der Waals surface area (Å²) in [5.41, 5.74) is 0. The van der Waals surface area contributed by atoms with Crippen LogP contribution in [0.3, 0.4) is 0 Å². The van der Waals surface area contributed by atoms with Gasteiger partial charge in [0.2, 0.25) is 0 Å². The van der Waals surface area contributed by atoms with E-state index in [-0.39, 0.29) is 12.6 Å². The largest absolute Gasteiger partial charge is 0.307 e. The van der Waals surface area contributed by atoms with E-state index in [9.17, 15) is 8.78 Å². The third-order valence-electron chi connectivity index (χ3n) is 4.99. The summed E-state index contributed by atoms with van der Waals surface area (Å²) in [6.45, 7) is 5.38. The predicted molar refractivity (Wildman–Crippen MR) is 79.2 cm³/mol. The van der Waals surface area contributed by atoms with Crippen molar-refractivity contribution in [3.8, 4) is 0 Å². The van der Waals surface area contributed by atoms with Crippen LogP contribution in [0.15, 0.2) is 0 Å². The van der Waals surface area contributed by atoms with Gasteiger partial charge in [0.05, 0.1) is 6.54 Å². The van der Waals surface area contributed by atoms with Gasteiger partial charge < -0.3 is 10.2 Å². The van der Waals surface area contributed by atoms with Crippen LogP contribution < -0.4 is 5.32 Å². The van der Waals surface area contributed by atoms with Crippen molar-refractivity contribution in [3.63, 3.8) is 0 Å². The van der Waals surface area contributed by atoms with Crippen molar-refractivity contribution >= 4 is 0 Å². The van der Waals surface area contributed by atoms with Crippen molar-refractivity contribution in [1.82, 2.24) is 10.2 Å². The minimum atomic E-state index is -2.23. The summed E-state index contributed by atoms with van der Waals surface area (Å²) in [4.78, 5) is 2.54. The number of hydrogen-bond donors (Lipinski definition) is 1. The van der Waals surface area contributed by atoms with Crippen LogP contribution in [0, 0.1) is 11.8 Å². The van der Waals surface area contributed by atoms with Gasteiger partial charge in [-0.15, -0.1) is 0 Å². The molecule has 2 atom stereocenters. The summed E-state index contributed by atoms with van der Waals surface area (Å²) in [7, 11) is 0. The van der Waals surface area contributed by atoms with Crippen molar-refractivity contribution in [2.75, 3.05) is 26.2 Å². The Labute approximate surface area is 122 Å². The molecule has 1 N–H and O–H groups in total. The fourth-order valence-electron chi connectivity index (χ4n) is 3.89. The molecule has 2 aliphatic rings. The molecular weight excluding hydrogens is 258 g/mol. The molecule has 2 nitrogen and oxygen atoms in total. The predicted octanol–water partition coefficient (Wildman–Crippen LogP) is 3.52. The van der Waals surface area contributed by atoms with E-state index < -0.39 is 6.43 Å². The highest BCUT2D eigenvalue weighted by Gasteiger charge is 2.28. The number of halogens is 2. The summed E-state index contributed by atoms with van der Waals surface area (Å²) in [6, 6.07) is 0.256. The Bertz CT molecular complexity index is 267. The molecule has 2 unspecified atom stereocenters. The summed E-state index contributed by atoms with van der Waals surface area (Å²) in [5.74, 6) is 1.51. The molecule has 1 heterocycles. The first-order valence-corrected chi connectivity index (χ1v) is 8.41. The van der Waals surface area contributed by atoms with Crippen molar-refractivity contribution in [2.24, 2.45) is 11.8 Å². The number of nitrogens with zero attached hydrogens (tertiary/aromatic N) is 1. The molecule has 2 rings (SSSR count). The fraction of sp³-hybridized carbons (Fsp3) is 1.00. The van der Waals surface area contributed by atoms with E-state index in [0.29, 0.717) is 5.92 Å². The monoisotopic (exact) mass is 288 g/mol. The number of hydrogen-bond acceptors (Lipinski definition) is 2. The Morgan fingerprint density at radius 1 is 1.10 bits per heavy atom. The van der Waals surface area contributed by atoms with Gasteiger partial charge >= 0.3 is 0 Å². The number of likely N-dealkylation sites (tertiary alicyclic amines) is 1. The van der Waals surface area contributed by atoms with Gasteiger partial charge in [0.15, 0.2) is 0 Å². The molecule has 0 aromatic heterocycles. The number of alkyl halides is 2. The molecule has 118 valence electrons. The van der Waals surface area contributed by atoms with E-state index in [0.717, 1.165) is 25.3 Å². The van der Waals surface area contributed by atoms with Crippen LogP contribution in [0.25, 0.3) is 0 Å². The lowest BCUT2D eigenvalue weighted by atomic mass is 9.86. The molecule has 4 heteroatoms. The Balaban J connectivity index is 1.80. The topological polar surface area (TPSA) is 15.3 Å². The minimum Gasteiger partial charge on any atom is -0.307 e. The van der Waals surface area contributed by atoms with Gasteiger partial charge in [-0.3, -0.25) is 0 Å². The van der Waals surface area contributed by atoms with E-state index in [2.05, 4.69) is 17.1 Å². The summed E-state index contributed by atoms with van der Waals surface area (Å²) in [6.07, 6.45) is 6.87. The average Bonchev–Trinajstić information content (AvgIpc) is 2.46. The van der Waals surface area contributed by atoms with Crippen molar-refractivity contribution in [1.29, 1.82) is 0 Å². The van der Waals surface area contributed by atoms with Gasteiger partial charge in [0.1, 0.15) is 0 Å². The van der Waals surface area contributed by atoms with Crippen molar-refractivity contribution in [2.45, 2.75) is 64.3 Å². The standard InChI is InChI=1S/C16H30F2N2/c1-2-13-8-15(19-9-16(17)18)12-20(10-13)11-14-6-4-3-5-7-14/h13-16,19H,2-12H2,1H3. The lowest BCUT2D eigenvalue weighted by molar-refractivity contribution is 0.0933. The normalized spacial score (nSPS) is 30.0. The molecule has 0 aromatic carbocycles. The average molecular weight is 288 g/mol. The van der Waals surface area contributed by atoms with Crippen LogP contribution in [-0.4, -0.2) is 43.5 Å². The summed E-state index contributed by atoms with van der Waals surface area (Å²) >= 11 is 0. The molecule has 2 fully saturated rings. The number of rotatable bonds is 6. The summed E-state index contributed by atoms with van der Waals surface area (Å²) < 4.78 is 24.7. The molecular formula is C16H30F2N2. The minimum absolute atomic E-state index is 0.154. The van der Waals surface area contributed by atoms with Crippen molar-refractivity contribution < 1.29 is 8.78 Å². The van der Waals surface area contributed by atoms with Crippen LogP contribution in [0.2, 0.25) is 0 Å². The molecule has 0 bridgehead atoms. The second-order valence-electron chi connectivity index (χ2n) is 6.73. The first kappa shape index (κ1) is 16.2. The molecule has 0 spiro atoms. The molecule has 0 amide bonds. The number of nitrogens with one attached hydrogen (secondary N) is 1. The zero-order valence-corrected chi connectivity index (χ0v) is 12.8. The van der Waals surface area contributed by atoms with Gasteiger partial charge in [0.25, 0.3) is 6.43 Å². The maximum Gasteiger partial charge on any atom is 0.250 e. The van der Waals surface area contributed by atoms with E-state index in [1.807, 2.05) is 0 Å². The van der Waals surface area contributed by atoms with Gasteiger partial charge in [-0.05, 0) is 31.1 Å². The molecule has 0 aromatic rings. The highest BCUT2D eigenvalue weighted by atomic mass is 19.3. The molecule has 1 saturated carbocycles. The molecule has 1 aliphatic carbocycles. The Hall–Kier alpha value is -0.220. The fourth-order valence-corrected chi connectivity index (χ4v) is 3.89. The Morgan fingerprint density at radius 3 is 2.50 bits per heavy atom. The lowest BCUT2D eigenvalue weighted by Crippen LogP contribution is -2.51. The van der Waals surface area contributed by atoms with E-state index >= 15 is 0 Å². The molecule has 1 saturated heterocycles. The maximum atomic E-state index is 12.4. The smallest absolute Gasteiger partial charge is 0.250 e. The third kappa shape index (κ3) is 5.28. The first-order valence-electron chi connectivity index (χ1n) is 8.41. The van der Waals surface area contributed by atoms with Crippen LogP contribution in [-0.2, 0) is 0 Å². The van der Waals surface area contributed by atoms with Gasteiger partial charge in [-0.25, -0.2) is 8.78 Å². The lowest BCUT2D eigenvalue weighted by Gasteiger charge is -2.40. The van der Waals surface area contributed by atoms with Crippen LogP contribution in [0.4, 0.5) is 8.78 Å². The summed E-state index contributed by atoms with van der Waals surface area (Å²) in [5, 5.41) is 3.06. The zero-order chi connectivity index (χ0) is 14.4. The van der Waals surface area contributed by atoms with Gasteiger partial charge in [0, 0.05) is 25.7 Å². The highest BCUT2D eigenvalue weighted by Crippen LogP contribution is 2.27. The van der Waals surface area contributed by atoms with Crippen LogP contribution >= 0.6 is 0 Å². The second kappa shape index (κ2) is 8.28. The van der Waals surface area contributed by atoms with Crippen molar-refractivity contribution in [3.05, 3.63) is 0 Å². The zero-order valence-electron chi connectivity index (χ0n) is 12.8. The highest BCUT2D eigenvalue weighted by molar-refractivity contribution is 4.84. The molecule has 0 radical (unpaired) electrons. The molecule has 20 heavy (non-hydrogen) atoms. The van der Waals surface area contributed by atoms with E-state index in [1.54, 1.807) is 0 Å². The maximum absolute atomic E-state index is 12.4. The van der Waals surface area contributed by atoms with Gasteiger partial charge in [-0.1, -0.05) is 32.6 Å². The third-order valence-corrected chi connectivity index (χ3v) is 4.99. The van der Waals surface area contributed by atoms with Gasteiger partial charge in [-0.2, -0.15) is 0 Å².